The quantitative estimate of drug-likeness (QED) is 0.544. The zero-order valence-corrected chi connectivity index (χ0v) is 13.7. The highest BCUT2D eigenvalue weighted by molar-refractivity contribution is 6.31. The minimum atomic E-state index is -4.32. The van der Waals surface area contributed by atoms with E-state index in [0.29, 0.717) is 10.6 Å². The molecule has 1 aliphatic rings. The van der Waals surface area contributed by atoms with Gasteiger partial charge in [-0.3, -0.25) is 20.3 Å². The number of nitrogens with one attached hydrogen (secondary N) is 2. The number of benzene rings is 1. The molecule has 1 aromatic carbocycles. The van der Waals surface area contributed by atoms with Gasteiger partial charge in [-0.15, -0.1) is 0 Å². The average Bonchev–Trinajstić information content (AvgIpc) is 2.70. The first-order chi connectivity index (χ1) is 11.6. The third-order valence-corrected chi connectivity index (χ3v) is 3.99. The maximum atomic E-state index is 12.5. The van der Waals surface area contributed by atoms with Gasteiger partial charge in [0.2, 0.25) is 5.91 Å². The highest BCUT2D eigenvalue weighted by atomic mass is 35.5. The highest BCUT2D eigenvalue weighted by Crippen LogP contribution is 2.37. The van der Waals surface area contributed by atoms with E-state index in [4.69, 9.17) is 22.7 Å². The lowest BCUT2D eigenvalue weighted by Gasteiger charge is -2.25. The van der Waals surface area contributed by atoms with Crippen molar-refractivity contribution >= 4 is 29.4 Å². The van der Waals surface area contributed by atoms with Crippen LogP contribution in [0.5, 0.6) is 0 Å². The van der Waals surface area contributed by atoms with Crippen molar-refractivity contribution in [2.45, 2.75) is 31.5 Å². The van der Waals surface area contributed by atoms with Crippen molar-refractivity contribution in [3.8, 4) is 0 Å². The molecule has 25 heavy (non-hydrogen) atoms. The van der Waals surface area contributed by atoms with Gasteiger partial charge < -0.3 is 10.6 Å². The Hall–Kier alpha value is -2.29. The van der Waals surface area contributed by atoms with Crippen LogP contribution in [-0.2, 0) is 4.79 Å². The second-order valence-corrected chi connectivity index (χ2v) is 6.07. The fourth-order valence-electron chi connectivity index (χ4n) is 2.77. The summed E-state index contributed by atoms with van der Waals surface area (Å²) in [6.07, 6.45) is -5.84. The molecule has 1 aromatic rings. The minimum absolute atomic E-state index is 0.150. The molecule has 4 N–H and O–H groups in total. The summed E-state index contributed by atoms with van der Waals surface area (Å²) in [6.45, 7) is -0.150. The summed E-state index contributed by atoms with van der Waals surface area (Å²) >= 11 is 5.88. The van der Waals surface area contributed by atoms with Crippen molar-refractivity contribution in [2.24, 2.45) is 5.73 Å². The van der Waals surface area contributed by atoms with Gasteiger partial charge in [0, 0.05) is 23.6 Å². The number of carbonyl (C=O) groups is 2. The minimum Gasteiger partial charge on any atom is -0.370 e. The fraction of sp³-hybridized carbons (Fsp3) is 0.400. The second-order valence-electron chi connectivity index (χ2n) is 5.63. The van der Waals surface area contributed by atoms with Gasteiger partial charge in [0.1, 0.15) is 0 Å². The molecule has 0 unspecified atom stereocenters. The Balaban J connectivity index is 2.21. The van der Waals surface area contributed by atoms with Crippen molar-refractivity contribution in [1.82, 2.24) is 10.2 Å². The van der Waals surface area contributed by atoms with Crippen molar-refractivity contribution < 1.29 is 22.8 Å². The number of rotatable bonds is 5. The molecule has 1 heterocycles. The zero-order chi connectivity index (χ0) is 18.8. The number of nitrogens with two attached hydrogens (primary N) is 1. The van der Waals surface area contributed by atoms with Crippen LogP contribution in [0.1, 0.15) is 41.2 Å². The van der Waals surface area contributed by atoms with Crippen LogP contribution in [0.15, 0.2) is 18.2 Å². The Kier molecular flexibility index (Phi) is 5.56. The molecule has 0 radical (unpaired) electrons. The van der Waals surface area contributed by atoms with Gasteiger partial charge in [0.05, 0.1) is 12.5 Å². The number of halogens is 4. The predicted octanol–water partition coefficient (Wildman–Crippen LogP) is 2.58. The number of fused-ring (bicyclic) bond motifs is 1. The van der Waals surface area contributed by atoms with Gasteiger partial charge in [-0.1, -0.05) is 17.7 Å². The zero-order valence-electron chi connectivity index (χ0n) is 13.0. The van der Waals surface area contributed by atoms with E-state index in [9.17, 15) is 22.8 Å². The van der Waals surface area contributed by atoms with Crippen LogP contribution in [-0.4, -0.2) is 35.4 Å². The lowest BCUT2D eigenvalue weighted by molar-refractivity contribution is -0.136. The van der Waals surface area contributed by atoms with E-state index < -0.39 is 36.4 Å². The van der Waals surface area contributed by atoms with Crippen LogP contribution in [0.25, 0.3) is 0 Å². The Bertz CT molecular complexity index is 709. The van der Waals surface area contributed by atoms with Crippen molar-refractivity contribution in [3.63, 3.8) is 0 Å². The van der Waals surface area contributed by atoms with Crippen LogP contribution in [0, 0.1) is 5.41 Å². The van der Waals surface area contributed by atoms with E-state index in [2.05, 4.69) is 5.32 Å². The summed E-state index contributed by atoms with van der Waals surface area (Å²) in [4.78, 5) is 25.6. The molecule has 136 valence electrons. The fourth-order valence-corrected chi connectivity index (χ4v) is 2.94. The predicted molar refractivity (Wildman–Crippen MR) is 85.2 cm³/mol. The lowest BCUT2D eigenvalue weighted by atomic mass is 10.0. The van der Waals surface area contributed by atoms with Gasteiger partial charge >= 0.3 is 6.18 Å². The molecule has 2 rings (SSSR count). The number of nitrogens with zero attached hydrogens (tertiary/aromatic N) is 1. The Morgan fingerprint density at radius 3 is 2.68 bits per heavy atom. The van der Waals surface area contributed by atoms with E-state index in [0.717, 1.165) is 0 Å². The third kappa shape index (κ3) is 4.85. The van der Waals surface area contributed by atoms with Crippen molar-refractivity contribution in [1.29, 1.82) is 5.41 Å². The van der Waals surface area contributed by atoms with Crippen molar-refractivity contribution in [3.05, 3.63) is 34.3 Å². The van der Waals surface area contributed by atoms with Gasteiger partial charge in [0.25, 0.3) is 5.91 Å². The summed E-state index contributed by atoms with van der Waals surface area (Å²) in [5, 5.41) is 9.49. The summed E-state index contributed by atoms with van der Waals surface area (Å²) < 4.78 is 37.1. The number of amides is 2. The Morgan fingerprint density at radius 1 is 1.40 bits per heavy atom. The molecule has 0 spiro atoms. The summed E-state index contributed by atoms with van der Waals surface area (Å²) in [5.41, 5.74) is 5.88. The van der Waals surface area contributed by atoms with Crippen LogP contribution in [0.3, 0.4) is 0 Å². The smallest absolute Gasteiger partial charge is 0.370 e. The lowest BCUT2D eigenvalue weighted by Crippen LogP contribution is -2.38. The maximum absolute atomic E-state index is 12.5. The Morgan fingerprint density at radius 2 is 2.08 bits per heavy atom. The molecule has 0 bridgehead atoms. The van der Waals surface area contributed by atoms with Crippen LogP contribution in [0.4, 0.5) is 13.2 Å². The molecule has 1 atom stereocenters. The number of guanidine groups is 1. The SMILES string of the molecule is N=C(N)NC(=O)C[C@@H]1c2ccc(Cl)cc2C(=O)N1CCCC(F)(F)F. The first kappa shape index (κ1) is 19.0. The normalized spacial score (nSPS) is 16.7. The molecule has 0 aliphatic carbocycles. The first-order valence-corrected chi connectivity index (χ1v) is 7.77. The highest BCUT2D eigenvalue weighted by Gasteiger charge is 2.38. The largest absolute Gasteiger partial charge is 0.389 e. The number of hydrogen-bond acceptors (Lipinski definition) is 3. The molecule has 2 amide bonds. The van der Waals surface area contributed by atoms with Gasteiger partial charge in [-0.05, 0) is 24.1 Å². The van der Waals surface area contributed by atoms with E-state index in [1.54, 1.807) is 12.1 Å². The number of alkyl halides is 3. The van der Waals surface area contributed by atoms with Crippen molar-refractivity contribution in [2.75, 3.05) is 6.54 Å². The maximum Gasteiger partial charge on any atom is 0.389 e. The second kappa shape index (κ2) is 7.30. The van der Waals surface area contributed by atoms with E-state index >= 15 is 0 Å². The average molecular weight is 377 g/mol. The topological polar surface area (TPSA) is 99.3 Å². The van der Waals surface area contributed by atoms with E-state index in [1.807, 2.05) is 0 Å². The number of carbonyl (C=O) groups excluding carboxylic acids is 2. The van der Waals surface area contributed by atoms with E-state index in [-0.39, 0.29) is 24.9 Å². The molecule has 0 saturated heterocycles. The molecule has 0 fully saturated rings. The van der Waals surface area contributed by atoms with Crippen LogP contribution >= 0.6 is 11.6 Å². The van der Waals surface area contributed by atoms with Gasteiger partial charge in [-0.2, -0.15) is 13.2 Å². The summed E-state index contributed by atoms with van der Waals surface area (Å²) in [5.74, 6) is -1.62. The van der Waals surface area contributed by atoms with Crippen LogP contribution < -0.4 is 11.1 Å². The monoisotopic (exact) mass is 376 g/mol. The first-order valence-electron chi connectivity index (χ1n) is 7.39. The molecule has 0 saturated carbocycles. The number of hydrogen-bond donors (Lipinski definition) is 3. The molecular formula is C15H16ClF3N4O2. The molecule has 6 nitrogen and oxygen atoms in total. The molecular weight excluding hydrogens is 361 g/mol. The standard InChI is InChI=1S/C15H16ClF3N4O2/c16-8-2-3-9-10(6-8)13(25)23(5-1-4-15(17,18)19)11(9)7-12(24)22-14(20)21/h2-3,6,11H,1,4-5,7H2,(H4,20,21,22,24)/t11-/m1/s1. The third-order valence-electron chi connectivity index (χ3n) is 3.75. The molecule has 10 heteroatoms. The van der Waals surface area contributed by atoms with E-state index in [1.165, 1.54) is 11.0 Å². The summed E-state index contributed by atoms with van der Waals surface area (Å²) in [7, 11) is 0. The van der Waals surface area contributed by atoms with Gasteiger partial charge in [0.15, 0.2) is 5.96 Å². The Labute approximate surface area is 146 Å². The van der Waals surface area contributed by atoms with Crippen LogP contribution in [0.2, 0.25) is 5.02 Å². The molecule has 0 aromatic heterocycles. The van der Waals surface area contributed by atoms with Gasteiger partial charge in [-0.25, -0.2) is 0 Å². The summed E-state index contributed by atoms with van der Waals surface area (Å²) in [6, 6.07) is 3.82. The molecule has 1 aliphatic heterocycles.